The lowest BCUT2D eigenvalue weighted by molar-refractivity contribution is 0.141. The Morgan fingerprint density at radius 3 is 2.80 bits per heavy atom. The van der Waals surface area contributed by atoms with Gasteiger partial charge >= 0.3 is 0 Å². The molecule has 1 aliphatic rings. The average molecular weight is 357 g/mol. The molecule has 3 heterocycles. The normalized spacial score (nSPS) is 21.2. The number of aliphatic hydroxyl groups excluding tert-OH is 1. The van der Waals surface area contributed by atoms with Gasteiger partial charge in [-0.15, -0.1) is 0 Å². The van der Waals surface area contributed by atoms with Gasteiger partial charge in [0.25, 0.3) is 0 Å². The van der Waals surface area contributed by atoms with Crippen LogP contribution in [-0.2, 0) is 20.0 Å². The molecule has 2 aromatic heterocycles. The fraction of sp³-hybridized carbons (Fsp3) is 0.368. The van der Waals surface area contributed by atoms with Gasteiger partial charge < -0.3 is 5.11 Å². The van der Waals surface area contributed by atoms with E-state index in [-0.39, 0.29) is 12.0 Å². The number of hydrogen-bond donors (Lipinski definition) is 1. The van der Waals surface area contributed by atoms with Crippen molar-refractivity contribution in [3.8, 4) is 0 Å². The summed E-state index contributed by atoms with van der Waals surface area (Å²) in [6, 6.07) is 9.91. The van der Waals surface area contributed by atoms with Crippen LogP contribution in [0.15, 0.2) is 42.7 Å². The molecule has 130 valence electrons. The molecule has 1 saturated heterocycles. The van der Waals surface area contributed by atoms with Crippen molar-refractivity contribution in [3.63, 3.8) is 0 Å². The highest BCUT2D eigenvalue weighted by Gasteiger charge is 2.32. The summed E-state index contributed by atoms with van der Waals surface area (Å²) in [6.07, 6.45) is 4.15. The van der Waals surface area contributed by atoms with Gasteiger partial charge in [0, 0.05) is 50.4 Å². The molecule has 5 nitrogen and oxygen atoms in total. The number of halogens is 1. The van der Waals surface area contributed by atoms with E-state index >= 15 is 0 Å². The molecule has 25 heavy (non-hydrogen) atoms. The van der Waals surface area contributed by atoms with Crippen molar-refractivity contribution in [1.29, 1.82) is 0 Å². The molecule has 1 aromatic carbocycles. The number of fused-ring (bicyclic) bond motifs is 1. The summed E-state index contributed by atoms with van der Waals surface area (Å²) in [7, 11) is 1.94. The molecule has 0 spiro atoms. The predicted molar refractivity (Wildman–Crippen MR) is 98.4 cm³/mol. The number of hydrogen-bond acceptors (Lipinski definition) is 4. The van der Waals surface area contributed by atoms with Crippen molar-refractivity contribution < 1.29 is 5.11 Å². The van der Waals surface area contributed by atoms with Gasteiger partial charge in [-0.05, 0) is 36.2 Å². The number of β-amino-alcohol motifs (C(OH)–C–C–N with tert-alkyl or cyclic N) is 1. The van der Waals surface area contributed by atoms with Crippen LogP contribution in [0.3, 0.4) is 0 Å². The molecule has 1 N–H and O–H groups in total. The van der Waals surface area contributed by atoms with E-state index in [0.717, 1.165) is 34.6 Å². The minimum absolute atomic E-state index is 0.229. The maximum absolute atomic E-state index is 10.5. The summed E-state index contributed by atoms with van der Waals surface area (Å²) in [6.45, 7) is 2.22. The monoisotopic (exact) mass is 356 g/mol. The lowest BCUT2D eigenvalue weighted by atomic mass is 9.97. The third-order valence-corrected chi connectivity index (χ3v) is 5.32. The van der Waals surface area contributed by atoms with Gasteiger partial charge in [-0.25, -0.2) is 0 Å². The van der Waals surface area contributed by atoms with Gasteiger partial charge in [0.1, 0.15) is 0 Å². The van der Waals surface area contributed by atoms with E-state index in [9.17, 15) is 5.11 Å². The van der Waals surface area contributed by atoms with E-state index in [4.69, 9.17) is 11.6 Å². The quantitative estimate of drug-likeness (QED) is 0.780. The second-order valence-corrected chi connectivity index (χ2v) is 7.19. The van der Waals surface area contributed by atoms with Crippen LogP contribution in [0.1, 0.15) is 11.3 Å². The van der Waals surface area contributed by atoms with Crippen LogP contribution in [-0.4, -0.2) is 44.0 Å². The first-order valence-corrected chi connectivity index (χ1v) is 8.89. The molecule has 0 saturated carbocycles. The van der Waals surface area contributed by atoms with E-state index in [1.54, 1.807) is 12.4 Å². The molecule has 2 atom stereocenters. The molecule has 1 fully saturated rings. The third-order valence-electron chi connectivity index (χ3n) is 5.00. The van der Waals surface area contributed by atoms with Gasteiger partial charge in [-0.2, -0.15) is 5.10 Å². The molecule has 0 bridgehead atoms. The lowest BCUT2D eigenvalue weighted by Crippen LogP contribution is -2.21. The summed E-state index contributed by atoms with van der Waals surface area (Å²) in [5.41, 5.74) is 3.22. The second-order valence-electron chi connectivity index (χ2n) is 6.79. The van der Waals surface area contributed by atoms with Crippen molar-refractivity contribution in [1.82, 2.24) is 19.7 Å². The van der Waals surface area contributed by atoms with E-state index < -0.39 is 0 Å². The fourth-order valence-electron chi connectivity index (χ4n) is 3.77. The molecule has 6 heteroatoms. The maximum atomic E-state index is 10.5. The van der Waals surface area contributed by atoms with Crippen molar-refractivity contribution in [2.75, 3.05) is 13.1 Å². The van der Waals surface area contributed by atoms with Crippen molar-refractivity contribution in [2.24, 2.45) is 13.0 Å². The standard InChI is InChI=1S/C19H21ClN4O/c1-23-17-4-2-3-15(20)19(17)16(22-23)11-24-10-14(18(25)12-24)9-13-5-7-21-8-6-13/h2-8,14,18,25H,9-12H2,1H3/t14-,18+/m1/s1. The maximum Gasteiger partial charge on any atom is 0.0858 e. The third kappa shape index (κ3) is 3.27. The van der Waals surface area contributed by atoms with E-state index in [1.165, 1.54) is 5.56 Å². The van der Waals surface area contributed by atoms with Crippen LogP contribution in [0.2, 0.25) is 5.02 Å². The number of aromatic nitrogens is 3. The van der Waals surface area contributed by atoms with E-state index in [1.807, 2.05) is 42.1 Å². The zero-order chi connectivity index (χ0) is 17.4. The van der Waals surface area contributed by atoms with Crippen molar-refractivity contribution >= 4 is 22.5 Å². The van der Waals surface area contributed by atoms with Crippen LogP contribution >= 0.6 is 11.6 Å². The van der Waals surface area contributed by atoms with Crippen LogP contribution in [0.5, 0.6) is 0 Å². The van der Waals surface area contributed by atoms with E-state index in [0.29, 0.717) is 13.1 Å². The number of rotatable bonds is 4. The zero-order valence-corrected chi connectivity index (χ0v) is 14.9. The van der Waals surface area contributed by atoms with Gasteiger partial charge in [0.05, 0.1) is 22.3 Å². The van der Waals surface area contributed by atoms with Crippen LogP contribution in [0, 0.1) is 5.92 Å². The Labute approximate surface area is 151 Å². The number of aliphatic hydroxyl groups is 1. The second kappa shape index (κ2) is 6.75. The Balaban J connectivity index is 1.51. The molecule has 4 rings (SSSR count). The number of benzene rings is 1. The first-order valence-electron chi connectivity index (χ1n) is 8.51. The minimum atomic E-state index is -0.321. The number of nitrogens with zero attached hydrogens (tertiary/aromatic N) is 4. The number of aryl methyl sites for hydroxylation is 1. The molecule has 0 amide bonds. The van der Waals surface area contributed by atoms with Crippen LogP contribution in [0.25, 0.3) is 10.9 Å². The summed E-state index contributed by atoms with van der Waals surface area (Å²) in [5.74, 6) is 0.229. The SMILES string of the molecule is Cn1nc(CN2C[C@@H](Cc3ccncc3)[C@@H](O)C2)c2c(Cl)cccc21. The highest BCUT2D eigenvalue weighted by atomic mass is 35.5. The smallest absolute Gasteiger partial charge is 0.0858 e. The van der Waals surface area contributed by atoms with Gasteiger partial charge in [0.2, 0.25) is 0 Å². The molecular formula is C19H21ClN4O. The average Bonchev–Trinajstić information content (AvgIpc) is 3.10. The molecular weight excluding hydrogens is 336 g/mol. The highest BCUT2D eigenvalue weighted by molar-refractivity contribution is 6.35. The van der Waals surface area contributed by atoms with Crippen molar-refractivity contribution in [2.45, 2.75) is 19.1 Å². The number of likely N-dealkylation sites (tertiary alicyclic amines) is 1. The molecule has 0 unspecified atom stereocenters. The Morgan fingerprint density at radius 1 is 1.20 bits per heavy atom. The zero-order valence-electron chi connectivity index (χ0n) is 14.1. The summed E-state index contributed by atoms with van der Waals surface area (Å²) < 4.78 is 1.87. The highest BCUT2D eigenvalue weighted by Crippen LogP contribution is 2.29. The predicted octanol–water partition coefficient (Wildman–Crippen LogP) is 2.66. The number of pyridine rings is 1. The van der Waals surface area contributed by atoms with E-state index in [2.05, 4.69) is 15.0 Å². The van der Waals surface area contributed by atoms with Crippen LogP contribution in [0.4, 0.5) is 0 Å². The largest absolute Gasteiger partial charge is 0.391 e. The Hall–Kier alpha value is -1.95. The molecule has 3 aromatic rings. The summed E-state index contributed by atoms with van der Waals surface area (Å²) in [5, 5.41) is 16.9. The molecule has 0 radical (unpaired) electrons. The minimum Gasteiger partial charge on any atom is -0.391 e. The topological polar surface area (TPSA) is 54.2 Å². The summed E-state index contributed by atoms with van der Waals surface area (Å²) in [4.78, 5) is 6.32. The Kier molecular flexibility index (Phi) is 4.46. The van der Waals surface area contributed by atoms with Crippen LogP contribution < -0.4 is 0 Å². The fourth-order valence-corrected chi connectivity index (χ4v) is 4.05. The first-order chi connectivity index (χ1) is 12.1. The lowest BCUT2D eigenvalue weighted by Gasteiger charge is -2.14. The van der Waals surface area contributed by atoms with Crippen molar-refractivity contribution in [3.05, 3.63) is 59.0 Å². The Morgan fingerprint density at radius 2 is 2.00 bits per heavy atom. The Bertz CT molecular complexity index is 880. The first kappa shape index (κ1) is 16.5. The van der Waals surface area contributed by atoms with Gasteiger partial charge in [-0.3, -0.25) is 14.6 Å². The van der Waals surface area contributed by atoms with Gasteiger partial charge in [-0.1, -0.05) is 17.7 Å². The summed E-state index contributed by atoms with van der Waals surface area (Å²) >= 11 is 6.40. The molecule has 0 aliphatic carbocycles. The molecule has 1 aliphatic heterocycles. The van der Waals surface area contributed by atoms with Gasteiger partial charge in [0.15, 0.2) is 0 Å².